The van der Waals surface area contributed by atoms with E-state index in [0.717, 1.165) is 30.0 Å². The number of hydrogen-bond donors (Lipinski definition) is 0. The molecule has 0 radical (unpaired) electrons. The summed E-state index contributed by atoms with van der Waals surface area (Å²) >= 11 is 0. The molecule has 0 amide bonds. The van der Waals surface area contributed by atoms with Crippen LogP contribution in [0.25, 0.3) is 0 Å². The Morgan fingerprint density at radius 2 is 0.771 bits per heavy atom. The Kier molecular flexibility index (Phi) is 8.61. The number of ether oxygens (including phenoxy) is 1. The predicted octanol–water partition coefficient (Wildman–Crippen LogP) is 12.9. The van der Waals surface area contributed by atoms with E-state index in [-0.39, 0.29) is 35.1 Å². The highest BCUT2D eigenvalue weighted by Crippen LogP contribution is 2.53. The molecule has 0 aromatic heterocycles. The van der Waals surface area contributed by atoms with Crippen LogP contribution in [-0.4, -0.2) is 13.4 Å². The fourth-order valence-electron chi connectivity index (χ4n) is 13.8. The minimum Gasteiger partial charge on any atom is -0.458 e. The van der Waals surface area contributed by atoms with E-state index in [4.69, 9.17) is 4.74 Å². The van der Waals surface area contributed by atoms with Gasteiger partial charge in [-0.05, 0) is 181 Å². The van der Waals surface area contributed by atoms with Gasteiger partial charge in [-0.25, -0.2) is 0 Å². The standard InChI is InChI=1S/C64H59B2N3O/c1-61(2)32-34-63(5,6)45-36-41(28-30-43(45)61)68-53-24-16-23-52-59(53)65(47-20-12-14-22-51(47)67(52)40-18-10-9-11-19-40)49-38-50-56(39-55(49)68)69(42-29-31-44-46(37-42)64(7,8)35-33-62(44,3)4)54-25-17-27-58-60(54)66(50)48-21-13-15-26-57(48)70-58/h9-31,36-39H,32-35H2,1-8H3. The van der Waals surface area contributed by atoms with Crippen molar-refractivity contribution in [2.24, 2.45) is 0 Å². The third kappa shape index (κ3) is 5.80. The Morgan fingerprint density at radius 1 is 0.329 bits per heavy atom. The Labute approximate surface area is 415 Å². The molecule has 0 N–H and O–H groups in total. The van der Waals surface area contributed by atoms with Gasteiger partial charge in [0.1, 0.15) is 11.5 Å². The van der Waals surface area contributed by atoms with E-state index < -0.39 is 0 Å². The average Bonchev–Trinajstić information content (AvgIpc) is 3.36. The monoisotopic (exact) mass is 907 g/mol. The summed E-state index contributed by atoms with van der Waals surface area (Å²) in [6, 6.07) is 62.7. The number of hydrogen-bond acceptors (Lipinski definition) is 4. The quantitative estimate of drug-likeness (QED) is 0.164. The number of rotatable bonds is 3. The van der Waals surface area contributed by atoms with Crippen LogP contribution in [0.15, 0.2) is 164 Å². The maximum absolute atomic E-state index is 6.91. The minimum absolute atomic E-state index is 0.0149. The van der Waals surface area contributed by atoms with Crippen LogP contribution in [0.4, 0.5) is 51.2 Å². The van der Waals surface area contributed by atoms with Crippen molar-refractivity contribution in [3.8, 4) is 11.5 Å². The Balaban J connectivity index is 1.09. The van der Waals surface area contributed by atoms with Gasteiger partial charge in [-0.2, -0.15) is 0 Å². The maximum atomic E-state index is 6.91. The first-order valence-corrected chi connectivity index (χ1v) is 25.8. The van der Waals surface area contributed by atoms with Crippen LogP contribution >= 0.6 is 0 Å². The highest BCUT2D eigenvalue weighted by Gasteiger charge is 2.48. The lowest BCUT2D eigenvalue weighted by molar-refractivity contribution is 0.332. The second kappa shape index (κ2) is 14.3. The van der Waals surface area contributed by atoms with Crippen LogP contribution in [0.2, 0.25) is 0 Å². The van der Waals surface area contributed by atoms with E-state index in [1.165, 1.54) is 113 Å². The summed E-state index contributed by atoms with van der Waals surface area (Å²) in [5.41, 5.74) is 24.8. The summed E-state index contributed by atoms with van der Waals surface area (Å²) in [6.07, 6.45) is 4.67. The number of fused-ring (bicyclic) bond motifs is 10. The third-order valence-corrected chi connectivity index (χ3v) is 17.8. The predicted molar refractivity (Wildman–Crippen MR) is 297 cm³/mol. The highest BCUT2D eigenvalue weighted by atomic mass is 16.5. The van der Waals surface area contributed by atoms with E-state index in [1.807, 2.05) is 0 Å². The zero-order valence-electron chi connectivity index (χ0n) is 41.8. The molecule has 0 spiro atoms. The molecular weight excluding hydrogens is 848 g/mol. The summed E-state index contributed by atoms with van der Waals surface area (Å²) in [4.78, 5) is 7.73. The van der Waals surface area contributed by atoms with Crippen molar-refractivity contribution in [3.05, 3.63) is 186 Å². The first-order chi connectivity index (χ1) is 33.7. The van der Waals surface area contributed by atoms with Crippen LogP contribution in [0.1, 0.15) is 103 Å². The van der Waals surface area contributed by atoms with E-state index in [9.17, 15) is 0 Å². The molecule has 0 atom stereocenters. The van der Waals surface area contributed by atoms with Gasteiger partial charge in [0, 0.05) is 51.2 Å². The molecule has 4 nitrogen and oxygen atoms in total. The normalized spacial score (nSPS) is 18.5. The van der Waals surface area contributed by atoms with Gasteiger partial charge in [-0.15, -0.1) is 0 Å². The molecule has 2 aliphatic carbocycles. The number of para-hydroxylation sites is 3. The molecule has 0 saturated heterocycles. The summed E-state index contributed by atoms with van der Waals surface area (Å²) < 4.78 is 6.91. The van der Waals surface area contributed by atoms with Crippen LogP contribution in [0.5, 0.6) is 11.5 Å². The Morgan fingerprint density at radius 3 is 1.37 bits per heavy atom. The lowest BCUT2D eigenvalue weighted by atomic mass is 9.30. The van der Waals surface area contributed by atoms with Crippen molar-refractivity contribution >= 4 is 97.4 Å². The highest BCUT2D eigenvalue weighted by molar-refractivity contribution is 7.02. The van der Waals surface area contributed by atoms with E-state index in [2.05, 4.69) is 234 Å². The number of anilines is 9. The molecule has 70 heavy (non-hydrogen) atoms. The van der Waals surface area contributed by atoms with Crippen molar-refractivity contribution in [2.45, 2.75) is 103 Å². The molecule has 8 aromatic carbocycles. The lowest BCUT2D eigenvalue weighted by Crippen LogP contribution is -2.64. The summed E-state index contributed by atoms with van der Waals surface area (Å²) in [7, 11) is 0. The molecular formula is C64H59B2N3O. The van der Waals surface area contributed by atoms with Gasteiger partial charge in [0.15, 0.2) is 0 Å². The molecule has 6 heteroatoms. The Bertz CT molecular complexity index is 3540. The van der Waals surface area contributed by atoms with E-state index in [0.29, 0.717) is 0 Å². The van der Waals surface area contributed by atoms with Gasteiger partial charge in [-0.3, -0.25) is 0 Å². The van der Waals surface area contributed by atoms with Crippen molar-refractivity contribution in [1.82, 2.24) is 0 Å². The summed E-state index contributed by atoms with van der Waals surface area (Å²) in [5.74, 6) is 1.87. The second-order valence-corrected chi connectivity index (χ2v) is 23.8. The van der Waals surface area contributed by atoms with Crippen LogP contribution in [-0.2, 0) is 21.7 Å². The maximum Gasteiger partial charge on any atom is 0.256 e. The Hall–Kier alpha value is -6.91. The number of benzene rings is 8. The zero-order chi connectivity index (χ0) is 47.6. The van der Waals surface area contributed by atoms with Crippen molar-refractivity contribution in [3.63, 3.8) is 0 Å². The molecule has 0 saturated carbocycles. The van der Waals surface area contributed by atoms with Crippen LogP contribution in [0.3, 0.4) is 0 Å². The minimum atomic E-state index is -0.0304. The number of nitrogens with zero attached hydrogens (tertiary/aromatic N) is 3. The van der Waals surface area contributed by atoms with Crippen LogP contribution < -0.4 is 52.2 Å². The van der Waals surface area contributed by atoms with Gasteiger partial charge < -0.3 is 19.4 Å². The molecule has 8 aromatic rings. The van der Waals surface area contributed by atoms with Crippen molar-refractivity contribution in [1.29, 1.82) is 0 Å². The summed E-state index contributed by atoms with van der Waals surface area (Å²) in [5, 5.41) is 0. The zero-order valence-corrected chi connectivity index (χ0v) is 41.8. The molecule has 342 valence electrons. The smallest absolute Gasteiger partial charge is 0.256 e. The molecule has 0 fully saturated rings. The first kappa shape index (κ1) is 42.0. The SMILES string of the molecule is CC1(C)CCC(C)(C)c2cc(N3c4cc5c(cc4B4c6ccccc6Oc6cccc3c64)B3c4ccccc4N(c4ccccc4)c4cccc(c43)N5c3ccc4c(c3)C(C)(C)CCC4(C)C)ccc21. The largest absolute Gasteiger partial charge is 0.458 e. The first-order valence-electron chi connectivity index (χ1n) is 25.8. The van der Waals surface area contributed by atoms with Crippen LogP contribution in [0, 0.1) is 0 Å². The summed E-state index contributed by atoms with van der Waals surface area (Å²) in [6.45, 7) is 19.5. The van der Waals surface area contributed by atoms with Crippen molar-refractivity contribution < 1.29 is 4.74 Å². The molecule has 6 aliphatic rings. The van der Waals surface area contributed by atoms with E-state index >= 15 is 0 Å². The molecule has 0 unspecified atom stereocenters. The average molecular weight is 908 g/mol. The van der Waals surface area contributed by atoms with Gasteiger partial charge in [0.2, 0.25) is 0 Å². The van der Waals surface area contributed by atoms with Crippen molar-refractivity contribution in [2.75, 3.05) is 14.7 Å². The molecule has 14 rings (SSSR count). The molecule has 0 bridgehead atoms. The van der Waals surface area contributed by atoms with Gasteiger partial charge >= 0.3 is 0 Å². The third-order valence-electron chi connectivity index (χ3n) is 17.8. The fourth-order valence-corrected chi connectivity index (χ4v) is 13.8. The molecule has 4 aliphatic heterocycles. The lowest BCUT2D eigenvalue weighted by Gasteiger charge is -2.47. The fraction of sp³-hybridized carbons (Fsp3) is 0.250. The van der Waals surface area contributed by atoms with E-state index in [1.54, 1.807) is 0 Å². The second-order valence-electron chi connectivity index (χ2n) is 23.8. The van der Waals surface area contributed by atoms with Gasteiger partial charge in [0.05, 0.1) is 0 Å². The molecule has 4 heterocycles. The van der Waals surface area contributed by atoms with Gasteiger partial charge in [-0.1, -0.05) is 140 Å². The topological polar surface area (TPSA) is 19.0 Å². The van der Waals surface area contributed by atoms with Gasteiger partial charge in [0.25, 0.3) is 13.4 Å².